The first-order valence-electron chi connectivity index (χ1n) is 7.07. The summed E-state index contributed by atoms with van der Waals surface area (Å²) in [6.07, 6.45) is 1.79. The van der Waals surface area contributed by atoms with Crippen molar-refractivity contribution in [1.29, 1.82) is 0 Å². The fourth-order valence-electron chi connectivity index (χ4n) is 3.12. The minimum Gasteiger partial charge on any atom is -0.306 e. The molecule has 0 radical (unpaired) electrons. The van der Waals surface area contributed by atoms with E-state index in [2.05, 4.69) is 17.3 Å². The first-order valence-corrected chi connectivity index (χ1v) is 7.07. The van der Waals surface area contributed by atoms with E-state index in [1.165, 1.54) is 11.3 Å². The van der Waals surface area contributed by atoms with Crippen molar-refractivity contribution in [1.82, 2.24) is 15.1 Å². The minimum atomic E-state index is -0.0689. The summed E-state index contributed by atoms with van der Waals surface area (Å²) < 4.78 is 15.6. The van der Waals surface area contributed by atoms with Gasteiger partial charge in [0.25, 0.3) is 0 Å². The van der Waals surface area contributed by atoms with Crippen LogP contribution in [0.5, 0.6) is 0 Å². The summed E-state index contributed by atoms with van der Waals surface area (Å²) in [6.45, 7) is 4.90. The maximum atomic E-state index is 13.7. The van der Waals surface area contributed by atoms with Crippen molar-refractivity contribution in [3.8, 4) is 0 Å². The minimum absolute atomic E-state index is 0.0689. The summed E-state index contributed by atoms with van der Waals surface area (Å²) >= 11 is 0. The zero-order valence-electron chi connectivity index (χ0n) is 12.2. The van der Waals surface area contributed by atoms with E-state index in [4.69, 9.17) is 0 Å². The van der Waals surface area contributed by atoms with Gasteiger partial charge in [0.1, 0.15) is 5.82 Å². The van der Waals surface area contributed by atoms with E-state index in [0.717, 1.165) is 36.2 Å². The normalized spacial score (nSPS) is 17.5. The number of nitrogens with one attached hydrogen (secondary N) is 1. The van der Waals surface area contributed by atoms with E-state index >= 15 is 0 Å². The molecule has 1 atom stereocenters. The van der Waals surface area contributed by atoms with Crippen LogP contribution in [0.15, 0.2) is 18.2 Å². The van der Waals surface area contributed by atoms with E-state index in [1.807, 2.05) is 24.7 Å². The molecule has 0 saturated carbocycles. The fourth-order valence-corrected chi connectivity index (χ4v) is 3.12. The molecule has 0 amide bonds. The van der Waals surface area contributed by atoms with Crippen molar-refractivity contribution in [2.75, 3.05) is 0 Å². The highest BCUT2D eigenvalue weighted by molar-refractivity contribution is 5.36. The molecule has 0 spiro atoms. The van der Waals surface area contributed by atoms with E-state index in [9.17, 15) is 4.39 Å². The lowest BCUT2D eigenvalue weighted by atomic mass is 10.1. The van der Waals surface area contributed by atoms with Crippen molar-refractivity contribution in [3.63, 3.8) is 0 Å². The van der Waals surface area contributed by atoms with Crippen LogP contribution in [0.1, 0.15) is 40.5 Å². The van der Waals surface area contributed by atoms with Gasteiger partial charge in [-0.2, -0.15) is 5.10 Å². The molecule has 1 N–H and O–H groups in total. The highest BCUT2D eigenvalue weighted by Crippen LogP contribution is 2.33. The lowest BCUT2D eigenvalue weighted by Gasteiger charge is -2.14. The highest BCUT2D eigenvalue weighted by Gasteiger charge is 2.24. The molecule has 3 nitrogen and oxygen atoms in total. The largest absolute Gasteiger partial charge is 0.306 e. The number of halogens is 1. The van der Waals surface area contributed by atoms with Gasteiger partial charge in [0.2, 0.25) is 0 Å². The number of rotatable bonds is 3. The Hall–Kier alpha value is -1.68. The van der Waals surface area contributed by atoms with Gasteiger partial charge in [-0.1, -0.05) is 12.1 Å². The molecular weight excluding hydrogens is 253 g/mol. The van der Waals surface area contributed by atoms with Gasteiger partial charge >= 0.3 is 0 Å². The molecule has 0 saturated heterocycles. The van der Waals surface area contributed by atoms with E-state index in [0.29, 0.717) is 0 Å². The van der Waals surface area contributed by atoms with Crippen LogP contribution in [0, 0.1) is 19.7 Å². The molecule has 1 aliphatic rings. The Bertz CT molecular complexity index is 645. The summed E-state index contributed by atoms with van der Waals surface area (Å²) in [6, 6.07) is 5.64. The lowest BCUT2D eigenvalue weighted by Crippen LogP contribution is -2.19. The van der Waals surface area contributed by atoms with Crippen LogP contribution in [-0.4, -0.2) is 9.78 Å². The van der Waals surface area contributed by atoms with E-state index in [-0.39, 0.29) is 11.9 Å². The van der Waals surface area contributed by atoms with Crippen LogP contribution in [0.3, 0.4) is 0 Å². The number of hydrogen-bond donors (Lipinski definition) is 1. The Kier molecular flexibility index (Phi) is 3.34. The molecular formula is C16H20FN3. The van der Waals surface area contributed by atoms with Crippen LogP contribution in [0.25, 0.3) is 0 Å². The lowest BCUT2D eigenvalue weighted by molar-refractivity contribution is 0.528. The number of fused-ring (bicyclic) bond motifs is 1. The summed E-state index contributed by atoms with van der Waals surface area (Å²) in [4.78, 5) is 0. The van der Waals surface area contributed by atoms with Crippen LogP contribution >= 0.6 is 0 Å². The molecule has 4 heteroatoms. The van der Waals surface area contributed by atoms with Crippen LogP contribution in [-0.2, 0) is 20.0 Å². The number of aryl methyl sites for hydroxylation is 2. The average molecular weight is 273 g/mol. The van der Waals surface area contributed by atoms with Crippen LogP contribution in [0.2, 0.25) is 0 Å². The molecule has 106 valence electrons. The predicted octanol–water partition coefficient (Wildman–Crippen LogP) is 2.95. The van der Waals surface area contributed by atoms with Gasteiger partial charge in [0, 0.05) is 30.9 Å². The van der Waals surface area contributed by atoms with Gasteiger partial charge in [0.15, 0.2) is 0 Å². The summed E-state index contributed by atoms with van der Waals surface area (Å²) in [5.74, 6) is -0.0689. The van der Waals surface area contributed by atoms with E-state index in [1.54, 1.807) is 12.1 Å². The second-order valence-electron chi connectivity index (χ2n) is 5.55. The molecule has 1 aromatic heterocycles. The number of nitrogens with zero attached hydrogens (tertiary/aromatic N) is 2. The third-order valence-corrected chi connectivity index (χ3v) is 4.40. The van der Waals surface area contributed by atoms with Gasteiger partial charge < -0.3 is 5.32 Å². The van der Waals surface area contributed by atoms with Gasteiger partial charge in [0.05, 0.1) is 5.69 Å². The molecule has 2 aromatic rings. The number of hydrogen-bond acceptors (Lipinski definition) is 2. The Morgan fingerprint density at radius 2 is 2.20 bits per heavy atom. The highest BCUT2D eigenvalue weighted by atomic mass is 19.1. The fraction of sp³-hybridized carbons (Fsp3) is 0.438. The summed E-state index contributed by atoms with van der Waals surface area (Å²) in [5, 5.41) is 7.99. The summed E-state index contributed by atoms with van der Waals surface area (Å²) in [7, 11) is 1.96. The van der Waals surface area contributed by atoms with Gasteiger partial charge in [-0.3, -0.25) is 4.68 Å². The second kappa shape index (κ2) is 5.02. The monoisotopic (exact) mass is 273 g/mol. The zero-order chi connectivity index (χ0) is 14.3. The molecule has 1 aliphatic carbocycles. The molecule has 1 aromatic carbocycles. The van der Waals surface area contributed by atoms with Crippen molar-refractivity contribution in [3.05, 3.63) is 52.1 Å². The Morgan fingerprint density at radius 1 is 1.40 bits per heavy atom. The maximum absolute atomic E-state index is 13.7. The standard InChI is InChI=1S/C16H20FN3/c1-10-14(11(2)20(3)19-10)9-18-16-8-7-12-13(16)5-4-6-15(12)17/h4-6,16,18H,7-9H2,1-3H3. The van der Waals surface area contributed by atoms with Crippen molar-refractivity contribution < 1.29 is 4.39 Å². The SMILES string of the molecule is Cc1nn(C)c(C)c1CNC1CCc2c(F)cccc21. The molecule has 1 heterocycles. The van der Waals surface area contributed by atoms with Crippen LogP contribution in [0.4, 0.5) is 4.39 Å². The first kappa shape index (κ1) is 13.3. The molecule has 0 bridgehead atoms. The molecule has 20 heavy (non-hydrogen) atoms. The Balaban J connectivity index is 1.77. The van der Waals surface area contributed by atoms with E-state index < -0.39 is 0 Å². The van der Waals surface area contributed by atoms with Crippen molar-refractivity contribution in [2.45, 2.75) is 39.3 Å². The quantitative estimate of drug-likeness (QED) is 0.931. The smallest absolute Gasteiger partial charge is 0.126 e. The molecule has 3 rings (SSSR count). The summed E-state index contributed by atoms with van der Waals surface area (Å²) in [5.41, 5.74) is 5.49. The van der Waals surface area contributed by atoms with Crippen molar-refractivity contribution in [2.24, 2.45) is 7.05 Å². The predicted molar refractivity (Wildman–Crippen MR) is 77.0 cm³/mol. The Morgan fingerprint density at radius 3 is 2.90 bits per heavy atom. The third kappa shape index (κ3) is 2.14. The molecule has 0 fully saturated rings. The van der Waals surface area contributed by atoms with Gasteiger partial charge in [-0.05, 0) is 43.9 Å². The topological polar surface area (TPSA) is 29.9 Å². The first-order chi connectivity index (χ1) is 9.58. The van der Waals surface area contributed by atoms with Gasteiger partial charge in [-0.25, -0.2) is 4.39 Å². The molecule has 1 unspecified atom stereocenters. The number of benzene rings is 1. The molecule has 0 aliphatic heterocycles. The van der Waals surface area contributed by atoms with Crippen LogP contribution < -0.4 is 5.32 Å². The average Bonchev–Trinajstić information content (AvgIpc) is 2.92. The third-order valence-electron chi connectivity index (χ3n) is 4.40. The maximum Gasteiger partial charge on any atom is 0.126 e. The number of aromatic nitrogens is 2. The van der Waals surface area contributed by atoms with Gasteiger partial charge in [-0.15, -0.1) is 0 Å². The second-order valence-corrected chi connectivity index (χ2v) is 5.55. The zero-order valence-corrected chi connectivity index (χ0v) is 12.2. The van der Waals surface area contributed by atoms with Crippen molar-refractivity contribution >= 4 is 0 Å². The Labute approximate surface area is 118 Å².